The second-order valence-corrected chi connectivity index (χ2v) is 11.0. The summed E-state index contributed by atoms with van der Waals surface area (Å²) in [5, 5.41) is 4.19. The Labute approximate surface area is 155 Å². The number of benzene rings is 3. The Morgan fingerprint density at radius 2 is 0.750 bits per heavy atom. The molecular formula is C22H24BrP. The second kappa shape index (κ2) is 9.16. The van der Waals surface area contributed by atoms with Gasteiger partial charge in [0.2, 0.25) is 0 Å². The fourth-order valence-electron chi connectivity index (χ4n) is 2.18. The van der Waals surface area contributed by atoms with Crippen LogP contribution >= 0.6 is 23.9 Å². The van der Waals surface area contributed by atoms with Crippen molar-refractivity contribution >= 4 is 39.8 Å². The summed E-state index contributed by atoms with van der Waals surface area (Å²) in [6, 6.07) is 32.3. The predicted octanol–water partition coefficient (Wildman–Crippen LogP) is 5.62. The van der Waals surface area contributed by atoms with Crippen molar-refractivity contribution < 1.29 is 0 Å². The Bertz CT molecular complexity index is 603. The largest absolute Gasteiger partial charge is 0.0862 e. The molecule has 24 heavy (non-hydrogen) atoms. The predicted molar refractivity (Wildman–Crippen MR) is 114 cm³/mol. The SMILES string of the molecule is CC(C)(C)Br.c1ccc(P(c2ccccc2)c2ccccc2)cc1. The highest BCUT2D eigenvalue weighted by Crippen LogP contribution is 2.32. The van der Waals surface area contributed by atoms with Crippen molar-refractivity contribution in [3.8, 4) is 0 Å². The molecule has 3 aromatic carbocycles. The van der Waals surface area contributed by atoms with Gasteiger partial charge in [0.15, 0.2) is 0 Å². The average Bonchev–Trinajstić information content (AvgIpc) is 2.57. The third-order valence-electron chi connectivity index (χ3n) is 3.04. The lowest BCUT2D eigenvalue weighted by Gasteiger charge is -2.18. The summed E-state index contributed by atoms with van der Waals surface area (Å²) in [6.45, 7) is 6.31. The highest BCUT2D eigenvalue weighted by molar-refractivity contribution is 9.10. The summed E-state index contributed by atoms with van der Waals surface area (Å²) < 4.78 is 0.312. The molecule has 0 aliphatic rings. The first-order valence-corrected chi connectivity index (χ1v) is 10.2. The molecule has 0 radical (unpaired) electrons. The van der Waals surface area contributed by atoms with Gasteiger partial charge in [0.1, 0.15) is 0 Å². The maximum Gasteiger partial charge on any atom is 0.0173 e. The Morgan fingerprint density at radius 1 is 0.542 bits per heavy atom. The summed E-state index contributed by atoms with van der Waals surface area (Å²) in [7, 11) is -0.446. The van der Waals surface area contributed by atoms with Crippen molar-refractivity contribution in [1.29, 1.82) is 0 Å². The van der Waals surface area contributed by atoms with E-state index in [-0.39, 0.29) is 0 Å². The molecule has 0 saturated heterocycles. The van der Waals surface area contributed by atoms with Crippen LogP contribution in [0.25, 0.3) is 0 Å². The molecule has 0 atom stereocenters. The van der Waals surface area contributed by atoms with Crippen LogP contribution in [0.15, 0.2) is 91.0 Å². The van der Waals surface area contributed by atoms with Gasteiger partial charge in [0, 0.05) is 4.32 Å². The summed E-state index contributed by atoms with van der Waals surface area (Å²) in [5.74, 6) is 0. The molecule has 0 spiro atoms. The molecule has 0 nitrogen and oxygen atoms in total. The molecule has 0 aliphatic carbocycles. The molecule has 0 amide bonds. The first-order chi connectivity index (χ1) is 11.4. The zero-order valence-electron chi connectivity index (χ0n) is 14.5. The van der Waals surface area contributed by atoms with E-state index in [2.05, 4.69) is 128 Å². The van der Waals surface area contributed by atoms with Crippen LogP contribution in [0, 0.1) is 0 Å². The Balaban J connectivity index is 0.000000368. The molecule has 0 aliphatic heterocycles. The van der Waals surface area contributed by atoms with E-state index in [1.807, 2.05) is 0 Å². The van der Waals surface area contributed by atoms with E-state index >= 15 is 0 Å². The molecule has 0 fully saturated rings. The number of alkyl halides is 1. The quantitative estimate of drug-likeness (QED) is 0.396. The van der Waals surface area contributed by atoms with Gasteiger partial charge in [-0.1, -0.05) is 128 Å². The zero-order chi connectivity index (χ0) is 17.4. The highest BCUT2D eigenvalue weighted by atomic mass is 79.9. The van der Waals surface area contributed by atoms with Crippen LogP contribution in [-0.2, 0) is 0 Å². The number of hydrogen-bond donors (Lipinski definition) is 0. The van der Waals surface area contributed by atoms with Gasteiger partial charge in [-0.3, -0.25) is 0 Å². The normalized spacial score (nSPS) is 10.9. The molecule has 0 saturated carbocycles. The molecule has 2 heteroatoms. The van der Waals surface area contributed by atoms with Gasteiger partial charge in [-0.2, -0.15) is 0 Å². The first kappa shape index (κ1) is 18.9. The standard InChI is InChI=1S/C18H15P.C4H9Br/c1-4-10-16(11-5-1)19(17-12-6-2-7-13-17)18-14-8-3-9-15-18;1-4(2,3)5/h1-15H;1-3H3. The van der Waals surface area contributed by atoms with E-state index in [1.54, 1.807) is 0 Å². The van der Waals surface area contributed by atoms with Crippen LogP contribution < -0.4 is 15.9 Å². The molecule has 0 bridgehead atoms. The molecule has 0 aromatic heterocycles. The van der Waals surface area contributed by atoms with Crippen molar-refractivity contribution in [2.75, 3.05) is 0 Å². The van der Waals surface area contributed by atoms with E-state index in [0.29, 0.717) is 4.32 Å². The Kier molecular flexibility index (Phi) is 7.21. The van der Waals surface area contributed by atoms with Crippen LogP contribution in [0.4, 0.5) is 0 Å². The monoisotopic (exact) mass is 398 g/mol. The molecule has 3 aromatic rings. The van der Waals surface area contributed by atoms with Crippen molar-refractivity contribution in [3.63, 3.8) is 0 Å². The number of hydrogen-bond acceptors (Lipinski definition) is 0. The van der Waals surface area contributed by atoms with Gasteiger partial charge in [-0.25, -0.2) is 0 Å². The van der Waals surface area contributed by atoms with E-state index in [0.717, 1.165) is 0 Å². The van der Waals surface area contributed by atoms with Crippen LogP contribution in [-0.4, -0.2) is 4.32 Å². The lowest BCUT2D eigenvalue weighted by Crippen LogP contribution is -2.20. The third kappa shape index (κ3) is 6.59. The maximum absolute atomic E-state index is 3.38. The Morgan fingerprint density at radius 3 is 0.958 bits per heavy atom. The minimum Gasteiger partial charge on any atom is -0.0862 e. The molecule has 3 rings (SSSR count). The number of rotatable bonds is 3. The highest BCUT2D eigenvalue weighted by Gasteiger charge is 2.14. The zero-order valence-corrected chi connectivity index (χ0v) is 17.0. The van der Waals surface area contributed by atoms with E-state index in [9.17, 15) is 0 Å². The lowest BCUT2D eigenvalue weighted by molar-refractivity contribution is 0.824. The van der Waals surface area contributed by atoms with Gasteiger partial charge in [-0.05, 0) is 23.8 Å². The fourth-order valence-corrected chi connectivity index (χ4v) is 4.48. The van der Waals surface area contributed by atoms with Gasteiger partial charge in [0.05, 0.1) is 0 Å². The van der Waals surface area contributed by atoms with E-state index < -0.39 is 7.92 Å². The summed E-state index contributed by atoms with van der Waals surface area (Å²) >= 11 is 3.38. The lowest BCUT2D eigenvalue weighted by atomic mass is 10.3. The van der Waals surface area contributed by atoms with Gasteiger partial charge in [-0.15, -0.1) is 0 Å². The topological polar surface area (TPSA) is 0 Å². The van der Waals surface area contributed by atoms with Crippen LogP contribution in [0.2, 0.25) is 0 Å². The minimum absolute atomic E-state index is 0.312. The Hall–Kier alpha value is -1.43. The van der Waals surface area contributed by atoms with Crippen LogP contribution in [0.1, 0.15) is 20.8 Å². The molecule has 124 valence electrons. The molecule has 0 N–H and O–H groups in total. The van der Waals surface area contributed by atoms with E-state index in [1.165, 1.54) is 15.9 Å². The first-order valence-electron chi connectivity index (χ1n) is 8.09. The summed E-state index contributed by atoms with van der Waals surface area (Å²) in [6.07, 6.45) is 0. The maximum atomic E-state index is 3.38. The molecule has 0 unspecified atom stereocenters. The van der Waals surface area contributed by atoms with Crippen molar-refractivity contribution in [3.05, 3.63) is 91.0 Å². The summed E-state index contributed by atoms with van der Waals surface area (Å²) in [5.41, 5.74) is 0. The van der Waals surface area contributed by atoms with Crippen molar-refractivity contribution in [2.45, 2.75) is 25.1 Å². The third-order valence-corrected chi connectivity index (χ3v) is 5.49. The fraction of sp³-hybridized carbons (Fsp3) is 0.182. The van der Waals surface area contributed by atoms with Gasteiger partial charge in [0.25, 0.3) is 0 Å². The number of halogens is 1. The van der Waals surface area contributed by atoms with Crippen LogP contribution in [0.3, 0.4) is 0 Å². The van der Waals surface area contributed by atoms with E-state index in [4.69, 9.17) is 0 Å². The van der Waals surface area contributed by atoms with Crippen molar-refractivity contribution in [1.82, 2.24) is 0 Å². The van der Waals surface area contributed by atoms with Crippen LogP contribution in [0.5, 0.6) is 0 Å². The van der Waals surface area contributed by atoms with Gasteiger partial charge >= 0.3 is 0 Å². The molecule has 0 heterocycles. The molecular weight excluding hydrogens is 375 g/mol. The second-order valence-electron chi connectivity index (χ2n) is 6.41. The van der Waals surface area contributed by atoms with Gasteiger partial charge < -0.3 is 0 Å². The van der Waals surface area contributed by atoms with Crippen molar-refractivity contribution in [2.24, 2.45) is 0 Å². The minimum atomic E-state index is -0.446. The smallest absolute Gasteiger partial charge is 0.0173 e. The average molecular weight is 399 g/mol. The summed E-state index contributed by atoms with van der Waals surface area (Å²) in [4.78, 5) is 0.